The van der Waals surface area contributed by atoms with Crippen molar-refractivity contribution in [3.05, 3.63) is 53.1 Å². The number of likely N-dealkylation sites (tertiary alicyclic amines) is 1. The van der Waals surface area contributed by atoms with Gasteiger partial charge in [0.05, 0.1) is 23.9 Å². The topological polar surface area (TPSA) is 72.6 Å². The second-order valence-corrected chi connectivity index (χ2v) is 7.89. The van der Waals surface area contributed by atoms with Crippen LogP contribution in [-0.4, -0.2) is 50.6 Å². The Bertz CT molecular complexity index is 1180. The van der Waals surface area contributed by atoms with Gasteiger partial charge < -0.3 is 9.64 Å². The third kappa shape index (κ3) is 4.21. The van der Waals surface area contributed by atoms with Crippen LogP contribution in [-0.2, 0) is 6.18 Å². The molecule has 0 unspecified atom stereocenters. The summed E-state index contributed by atoms with van der Waals surface area (Å²) in [4.78, 5) is 22.4. The lowest BCUT2D eigenvalue weighted by atomic mass is 9.84. The van der Waals surface area contributed by atoms with Crippen LogP contribution in [0.5, 0.6) is 5.75 Å². The van der Waals surface area contributed by atoms with E-state index in [0.29, 0.717) is 18.7 Å². The zero-order chi connectivity index (χ0) is 23.9. The van der Waals surface area contributed by atoms with Gasteiger partial charge in [0.25, 0.3) is 18.1 Å². The molecule has 1 amide bonds. The van der Waals surface area contributed by atoms with Crippen LogP contribution < -0.4 is 4.74 Å². The van der Waals surface area contributed by atoms with Gasteiger partial charge in [-0.05, 0) is 30.5 Å². The number of benzene rings is 1. The molecule has 3 aromatic rings. The van der Waals surface area contributed by atoms with Crippen LogP contribution in [0.2, 0.25) is 0 Å². The highest BCUT2D eigenvalue weighted by atomic mass is 19.4. The predicted molar refractivity (Wildman–Crippen MR) is 106 cm³/mol. The quantitative estimate of drug-likeness (QED) is 0.531. The molecule has 0 saturated carbocycles. The van der Waals surface area contributed by atoms with Gasteiger partial charge in [0.1, 0.15) is 17.8 Å². The molecule has 12 heteroatoms. The molecule has 1 aromatic carbocycles. The normalized spacial score (nSPS) is 19.3. The lowest BCUT2D eigenvalue weighted by molar-refractivity contribution is -0.138. The number of amides is 1. The fraction of sp³-hybridized carbons (Fsp3) is 0.429. The number of para-hydroxylation sites is 1. The standard InChI is InChI=1S/C21H20F5N5O2/c1-11-6-7-30(19(32)12-4-3-5-14(17(12)33-2)21(24,25)26)9-13(11)16-8-15(18(22)23)29-20-27-10-28-31(16)20/h3-5,8,10-11,13,18H,6-7,9H2,1-2H3/t11-,13-/m1/s1. The summed E-state index contributed by atoms with van der Waals surface area (Å²) in [5.74, 6) is -1.60. The zero-order valence-corrected chi connectivity index (χ0v) is 17.7. The van der Waals surface area contributed by atoms with Gasteiger partial charge in [0, 0.05) is 19.0 Å². The van der Waals surface area contributed by atoms with Gasteiger partial charge in [0.15, 0.2) is 0 Å². The number of nitrogens with zero attached hydrogens (tertiary/aromatic N) is 5. The fourth-order valence-corrected chi connectivity index (χ4v) is 4.19. The first-order valence-corrected chi connectivity index (χ1v) is 10.1. The number of ether oxygens (including phenoxy) is 1. The molecule has 0 aliphatic carbocycles. The number of hydrogen-bond donors (Lipinski definition) is 0. The van der Waals surface area contributed by atoms with E-state index >= 15 is 0 Å². The molecule has 7 nitrogen and oxygen atoms in total. The van der Waals surface area contributed by atoms with Crippen molar-refractivity contribution in [2.45, 2.75) is 31.9 Å². The van der Waals surface area contributed by atoms with Gasteiger partial charge >= 0.3 is 6.18 Å². The molecule has 33 heavy (non-hydrogen) atoms. The van der Waals surface area contributed by atoms with Crippen molar-refractivity contribution in [1.82, 2.24) is 24.5 Å². The van der Waals surface area contributed by atoms with E-state index < -0.39 is 41.4 Å². The number of alkyl halides is 5. The Morgan fingerprint density at radius 1 is 1.27 bits per heavy atom. The largest absolute Gasteiger partial charge is 0.495 e. The number of piperidine rings is 1. The highest BCUT2D eigenvalue weighted by molar-refractivity contribution is 5.97. The average molecular weight is 469 g/mol. The number of fused-ring (bicyclic) bond motifs is 1. The molecule has 1 saturated heterocycles. The van der Waals surface area contributed by atoms with E-state index in [-0.39, 0.29) is 23.8 Å². The average Bonchev–Trinajstić information content (AvgIpc) is 3.26. The van der Waals surface area contributed by atoms with Gasteiger partial charge in [-0.25, -0.2) is 18.3 Å². The van der Waals surface area contributed by atoms with Crippen LogP contribution in [0.3, 0.4) is 0 Å². The lowest BCUT2D eigenvalue weighted by Crippen LogP contribution is -2.43. The summed E-state index contributed by atoms with van der Waals surface area (Å²) in [7, 11) is 1.08. The minimum absolute atomic E-state index is 0.0120. The molecule has 1 aliphatic rings. The van der Waals surface area contributed by atoms with Gasteiger partial charge in [-0.3, -0.25) is 4.79 Å². The van der Waals surface area contributed by atoms with E-state index in [1.165, 1.54) is 27.9 Å². The summed E-state index contributed by atoms with van der Waals surface area (Å²) in [6, 6.07) is 4.52. The molecule has 2 atom stereocenters. The van der Waals surface area contributed by atoms with E-state index in [0.717, 1.165) is 19.2 Å². The van der Waals surface area contributed by atoms with Gasteiger partial charge in [-0.15, -0.1) is 0 Å². The van der Waals surface area contributed by atoms with Crippen molar-refractivity contribution in [2.24, 2.45) is 5.92 Å². The number of aromatic nitrogens is 4. The first-order valence-electron chi connectivity index (χ1n) is 10.1. The van der Waals surface area contributed by atoms with Crippen molar-refractivity contribution in [2.75, 3.05) is 20.2 Å². The summed E-state index contributed by atoms with van der Waals surface area (Å²) in [5, 5.41) is 4.07. The van der Waals surface area contributed by atoms with E-state index in [1.807, 2.05) is 6.92 Å². The van der Waals surface area contributed by atoms with Gasteiger partial charge in [-0.2, -0.15) is 23.3 Å². The summed E-state index contributed by atoms with van der Waals surface area (Å²) in [6.45, 7) is 2.31. The van der Waals surface area contributed by atoms with Crippen LogP contribution in [0.15, 0.2) is 30.6 Å². The van der Waals surface area contributed by atoms with Crippen molar-refractivity contribution < 1.29 is 31.5 Å². The number of carbonyl (C=O) groups excluding carboxylic acids is 1. The Labute approximate surface area is 185 Å². The number of rotatable bonds is 4. The van der Waals surface area contributed by atoms with Crippen LogP contribution in [0, 0.1) is 5.92 Å². The lowest BCUT2D eigenvalue weighted by Gasteiger charge is -2.37. The second-order valence-electron chi connectivity index (χ2n) is 7.89. The molecule has 0 N–H and O–H groups in total. The molecule has 0 bridgehead atoms. The Balaban J connectivity index is 1.71. The molecule has 4 rings (SSSR count). The Kier molecular flexibility index (Phi) is 5.93. The van der Waals surface area contributed by atoms with Crippen LogP contribution >= 0.6 is 0 Å². The van der Waals surface area contributed by atoms with E-state index in [2.05, 4.69) is 15.1 Å². The van der Waals surface area contributed by atoms with Crippen molar-refractivity contribution in [3.63, 3.8) is 0 Å². The van der Waals surface area contributed by atoms with Gasteiger partial charge in [-0.1, -0.05) is 13.0 Å². The molecular formula is C21H20F5N5O2. The van der Waals surface area contributed by atoms with Crippen molar-refractivity contribution in [3.8, 4) is 5.75 Å². The molecule has 3 heterocycles. The second kappa shape index (κ2) is 8.56. The third-order valence-electron chi connectivity index (χ3n) is 5.90. The summed E-state index contributed by atoms with van der Waals surface area (Å²) >= 11 is 0. The maximum absolute atomic E-state index is 13.4. The van der Waals surface area contributed by atoms with E-state index in [1.54, 1.807) is 0 Å². The summed E-state index contributed by atoms with van der Waals surface area (Å²) in [6.07, 6.45) is -5.80. The zero-order valence-electron chi connectivity index (χ0n) is 17.7. The SMILES string of the molecule is COc1c(C(=O)N2CC[C@@H](C)[C@H](c3cc(C(F)F)nc4ncnn34)C2)cccc1C(F)(F)F. The van der Waals surface area contributed by atoms with Crippen molar-refractivity contribution >= 4 is 11.7 Å². The maximum atomic E-state index is 13.4. The Hall–Kier alpha value is -3.31. The maximum Gasteiger partial charge on any atom is 0.419 e. The first kappa shape index (κ1) is 22.9. The number of methoxy groups -OCH3 is 1. The highest BCUT2D eigenvalue weighted by Crippen LogP contribution is 2.39. The van der Waals surface area contributed by atoms with E-state index in [9.17, 15) is 26.7 Å². The Morgan fingerprint density at radius 3 is 2.70 bits per heavy atom. The van der Waals surface area contributed by atoms with Crippen LogP contribution in [0.4, 0.5) is 22.0 Å². The smallest absolute Gasteiger partial charge is 0.419 e. The van der Waals surface area contributed by atoms with Gasteiger partial charge in [0.2, 0.25) is 0 Å². The molecule has 1 aliphatic heterocycles. The first-order chi connectivity index (χ1) is 15.6. The monoisotopic (exact) mass is 469 g/mol. The molecular weight excluding hydrogens is 449 g/mol. The summed E-state index contributed by atoms with van der Waals surface area (Å²) < 4.78 is 73.3. The minimum atomic E-state index is -4.69. The third-order valence-corrected chi connectivity index (χ3v) is 5.90. The highest BCUT2D eigenvalue weighted by Gasteiger charge is 2.38. The van der Waals surface area contributed by atoms with Crippen LogP contribution in [0.1, 0.15) is 53.0 Å². The van der Waals surface area contributed by atoms with E-state index in [4.69, 9.17) is 4.74 Å². The molecule has 1 fully saturated rings. The molecule has 0 spiro atoms. The number of halogens is 5. The molecule has 0 radical (unpaired) electrons. The molecule has 176 valence electrons. The number of carbonyl (C=O) groups is 1. The predicted octanol–water partition coefficient (Wildman–Crippen LogP) is 4.36. The Morgan fingerprint density at radius 2 is 2.03 bits per heavy atom. The van der Waals surface area contributed by atoms with Crippen molar-refractivity contribution in [1.29, 1.82) is 0 Å². The number of hydrogen-bond acceptors (Lipinski definition) is 5. The summed E-state index contributed by atoms with van der Waals surface area (Å²) in [5.41, 5.74) is -1.30. The fourth-order valence-electron chi connectivity index (χ4n) is 4.19. The minimum Gasteiger partial charge on any atom is -0.495 e. The van der Waals surface area contributed by atoms with Crippen LogP contribution in [0.25, 0.3) is 5.78 Å². The molecule has 2 aromatic heterocycles.